The fourth-order valence-corrected chi connectivity index (χ4v) is 1.98. The Morgan fingerprint density at radius 2 is 2.15 bits per heavy atom. The Morgan fingerprint density at radius 3 is 2.75 bits per heavy atom. The standard InChI is InChI=1S/C14H23N3O3/c1-3-5-6-11(4-2)9-15-13(19)10-17-8-7-12(18)16-14(17)20/h7-8,11H,3-6,9-10H2,1-2H3,(H,15,19)(H,16,18,20). The lowest BCUT2D eigenvalue weighted by Crippen LogP contribution is -2.37. The third-order valence-electron chi connectivity index (χ3n) is 3.34. The van der Waals surface area contributed by atoms with E-state index >= 15 is 0 Å². The summed E-state index contributed by atoms with van der Waals surface area (Å²) in [5.41, 5.74) is -1.03. The monoisotopic (exact) mass is 281 g/mol. The van der Waals surface area contributed by atoms with Gasteiger partial charge < -0.3 is 5.32 Å². The average Bonchev–Trinajstić information content (AvgIpc) is 2.42. The first-order valence-corrected chi connectivity index (χ1v) is 7.13. The molecule has 6 heteroatoms. The fourth-order valence-electron chi connectivity index (χ4n) is 1.98. The van der Waals surface area contributed by atoms with E-state index in [0.717, 1.165) is 25.7 Å². The summed E-state index contributed by atoms with van der Waals surface area (Å²) < 4.78 is 1.18. The van der Waals surface area contributed by atoms with Crippen molar-refractivity contribution in [3.05, 3.63) is 33.1 Å². The molecular weight excluding hydrogens is 258 g/mol. The van der Waals surface area contributed by atoms with Crippen LogP contribution in [0.3, 0.4) is 0 Å². The second-order valence-electron chi connectivity index (χ2n) is 4.96. The summed E-state index contributed by atoms with van der Waals surface area (Å²) in [5.74, 6) is 0.264. The van der Waals surface area contributed by atoms with E-state index in [2.05, 4.69) is 24.1 Å². The number of amides is 1. The molecule has 6 nitrogen and oxygen atoms in total. The molecule has 0 saturated heterocycles. The highest BCUT2D eigenvalue weighted by Gasteiger charge is 2.09. The SMILES string of the molecule is CCCCC(CC)CNC(=O)Cn1ccc(=O)[nH]c1=O. The van der Waals surface area contributed by atoms with Gasteiger partial charge in [-0.3, -0.25) is 19.1 Å². The number of carbonyl (C=O) groups excluding carboxylic acids is 1. The van der Waals surface area contributed by atoms with Crippen LogP contribution in [-0.2, 0) is 11.3 Å². The molecule has 1 amide bonds. The molecule has 1 heterocycles. The Bertz CT molecular complexity index is 533. The Labute approximate surface area is 118 Å². The largest absolute Gasteiger partial charge is 0.354 e. The molecule has 20 heavy (non-hydrogen) atoms. The van der Waals surface area contributed by atoms with Gasteiger partial charge in [0, 0.05) is 18.8 Å². The molecule has 0 aliphatic heterocycles. The van der Waals surface area contributed by atoms with Crippen LogP contribution in [0.2, 0.25) is 0 Å². The Balaban J connectivity index is 2.47. The van der Waals surface area contributed by atoms with Gasteiger partial charge in [-0.05, 0) is 12.3 Å². The summed E-state index contributed by atoms with van der Waals surface area (Å²) in [4.78, 5) is 36.3. The molecule has 1 rings (SSSR count). The zero-order valence-electron chi connectivity index (χ0n) is 12.1. The van der Waals surface area contributed by atoms with Gasteiger partial charge in [-0.15, -0.1) is 0 Å². The van der Waals surface area contributed by atoms with Crippen molar-refractivity contribution in [2.75, 3.05) is 6.54 Å². The molecule has 1 unspecified atom stereocenters. The molecule has 2 N–H and O–H groups in total. The summed E-state index contributed by atoms with van der Waals surface area (Å²) in [6.07, 6.45) is 5.77. The van der Waals surface area contributed by atoms with Crippen LogP contribution in [-0.4, -0.2) is 22.0 Å². The maximum Gasteiger partial charge on any atom is 0.328 e. The van der Waals surface area contributed by atoms with Crippen LogP contribution in [0, 0.1) is 5.92 Å². The lowest BCUT2D eigenvalue weighted by molar-refractivity contribution is -0.121. The smallest absolute Gasteiger partial charge is 0.328 e. The van der Waals surface area contributed by atoms with Gasteiger partial charge in [-0.1, -0.05) is 33.1 Å². The first-order valence-electron chi connectivity index (χ1n) is 7.13. The molecule has 1 aromatic rings. The number of aromatic amines is 1. The lowest BCUT2D eigenvalue weighted by atomic mass is 9.99. The molecular formula is C14H23N3O3. The Morgan fingerprint density at radius 1 is 1.40 bits per heavy atom. The number of hydrogen-bond donors (Lipinski definition) is 2. The number of unbranched alkanes of at least 4 members (excludes halogenated alkanes) is 1. The van der Waals surface area contributed by atoms with Crippen LogP contribution in [0.4, 0.5) is 0 Å². The van der Waals surface area contributed by atoms with Crippen molar-refractivity contribution < 1.29 is 4.79 Å². The van der Waals surface area contributed by atoms with E-state index in [1.807, 2.05) is 0 Å². The van der Waals surface area contributed by atoms with Crippen molar-refractivity contribution in [3.8, 4) is 0 Å². The van der Waals surface area contributed by atoms with Crippen LogP contribution >= 0.6 is 0 Å². The van der Waals surface area contributed by atoms with E-state index in [9.17, 15) is 14.4 Å². The topological polar surface area (TPSA) is 84.0 Å². The highest BCUT2D eigenvalue weighted by atomic mass is 16.2. The number of carbonyl (C=O) groups is 1. The number of nitrogens with one attached hydrogen (secondary N) is 2. The summed E-state index contributed by atoms with van der Waals surface area (Å²) in [6.45, 7) is 4.82. The minimum Gasteiger partial charge on any atom is -0.354 e. The van der Waals surface area contributed by atoms with Gasteiger partial charge in [0.25, 0.3) is 5.56 Å². The van der Waals surface area contributed by atoms with Crippen LogP contribution in [0.15, 0.2) is 21.9 Å². The second-order valence-corrected chi connectivity index (χ2v) is 4.96. The molecule has 0 bridgehead atoms. The fraction of sp³-hybridized carbons (Fsp3) is 0.643. The number of nitrogens with zero attached hydrogens (tertiary/aromatic N) is 1. The van der Waals surface area contributed by atoms with Gasteiger partial charge in [0.05, 0.1) is 0 Å². The third kappa shape index (κ3) is 5.42. The van der Waals surface area contributed by atoms with Crippen LogP contribution in [0.1, 0.15) is 39.5 Å². The van der Waals surface area contributed by atoms with Gasteiger partial charge in [0.15, 0.2) is 0 Å². The van der Waals surface area contributed by atoms with Crippen molar-refractivity contribution >= 4 is 5.91 Å². The average molecular weight is 281 g/mol. The molecule has 0 aliphatic carbocycles. The third-order valence-corrected chi connectivity index (χ3v) is 3.34. The maximum absolute atomic E-state index is 11.8. The number of H-pyrrole nitrogens is 1. The van der Waals surface area contributed by atoms with Gasteiger partial charge in [-0.25, -0.2) is 4.79 Å². The number of aromatic nitrogens is 2. The predicted molar refractivity (Wildman–Crippen MR) is 77.6 cm³/mol. The minimum atomic E-state index is -0.564. The van der Waals surface area contributed by atoms with Crippen molar-refractivity contribution in [3.63, 3.8) is 0 Å². The molecule has 112 valence electrons. The summed E-state index contributed by atoms with van der Waals surface area (Å²) >= 11 is 0. The minimum absolute atomic E-state index is 0.0696. The summed E-state index contributed by atoms with van der Waals surface area (Å²) in [5, 5.41) is 2.84. The van der Waals surface area contributed by atoms with E-state index in [1.165, 1.54) is 16.8 Å². The molecule has 0 aliphatic rings. The van der Waals surface area contributed by atoms with Gasteiger partial charge in [0.1, 0.15) is 6.54 Å². The zero-order valence-corrected chi connectivity index (χ0v) is 12.1. The van der Waals surface area contributed by atoms with Crippen molar-refractivity contribution in [2.45, 2.75) is 46.1 Å². The van der Waals surface area contributed by atoms with Crippen molar-refractivity contribution in [2.24, 2.45) is 5.92 Å². The molecule has 0 fully saturated rings. The normalized spacial score (nSPS) is 12.1. The van der Waals surface area contributed by atoms with Gasteiger partial charge in [0.2, 0.25) is 5.91 Å². The van der Waals surface area contributed by atoms with Crippen LogP contribution < -0.4 is 16.6 Å². The first-order chi connectivity index (χ1) is 9.56. The summed E-state index contributed by atoms with van der Waals surface area (Å²) in [7, 11) is 0. The predicted octanol–water partition coefficient (Wildman–Crippen LogP) is 0.869. The highest BCUT2D eigenvalue weighted by Crippen LogP contribution is 2.10. The highest BCUT2D eigenvalue weighted by molar-refractivity contribution is 5.75. The maximum atomic E-state index is 11.8. The van der Waals surface area contributed by atoms with E-state index in [1.54, 1.807) is 0 Å². The molecule has 0 saturated carbocycles. The van der Waals surface area contributed by atoms with Crippen molar-refractivity contribution in [1.29, 1.82) is 0 Å². The second kappa shape index (κ2) is 8.35. The molecule has 0 aromatic carbocycles. The number of hydrogen-bond acceptors (Lipinski definition) is 3. The van der Waals surface area contributed by atoms with Crippen molar-refractivity contribution in [1.82, 2.24) is 14.9 Å². The number of rotatable bonds is 8. The van der Waals surface area contributed by atoms with E-state index in [4.69, 9.17) is 0 Å². The van der Waals surface area contributed by atoms with Gasteiger partial charge in [-0.2, -0.15) is 0 Å². The zero-order chi connectivity index (χ0) is 15.0. The van der Waals surface area contributed by atoms with Gasteiger partial charge >= 0.3 is 5.69 Å². The molecule has 0 spiro atoms. The first kappa shape index (κ1) is 16.2. The Hall–Kier alpha value is -1.85. The lowest BCUT2D eigenvalue weighted by Gasteiger charge is -2.15. The molecule has 1 aromatic heterocycles. The van der Waals surface area contributed by atoms with E-state index < -0.39 is 11.2 Å². The summed E-state index contributed by atoms with van der Waals surface area (Å²) in [6, 6.07) is 1.23. The van der Waals surface area contributed by atoms with E-state index in [-0.39, 0.29) is 12.5 Å². The van der Waals surface area contributed by atoms with E-state index in [0.29, 0.717) is 12.5 Å². The van der Waals surface area contributed by atoms with Crippen LogP contribution in [0.5, 0.6) is 0 Å². The molecule has 1 atom stereocenters. The quantitative estimate of drug-likeness (QED) is 0.741. The Kier molecular flexibility index (Phi) is 6.76. The molecule has 0 radical (unpaired) electrons. The van der Waals surface area contributed by atoms with Crippen LogP contribution in [0.25, 0.3) is 0 Å².